The second-order valence-electron chi connectivity index (χ2n) is 21.5. The summed E-state index contributed by atoms with van der Waals surface area (Å²) in [4.78, 5) is 74.5. The van der Waals surface area contributed by atoms with E-state index in [2.05, 4.69) is 15.2 Å². The number of carbonyl (C=O) groups is 4. The molecule has 2 fully saturated rings. The molecule has 3 atom stereocenters. The first kappa shape index (κ1) is 58.9. The van der Waals surface area contributed by atoms with Gasteiger partial charge in [-0.25, -0.2) is 18.9 Å². The number of amides is 5. The number of urea groups is 1. The Kier molecular flexibility index (Phi) is 18.3. The Morgan fingerprint density at radius 3 is 2.35 bits per heavy atom. The number of anilines is 2. The second-order valence-corrected chi connectivity index (χ2v) is 22.0. The van der Waals surface area contributed by atoms with Crippen LogP contribution in [0.3, 0.4) is 0 Å². The van der Waals surface area contributed by atoms with E-state index in [-0.39, 0.29) is 101 Å². The fourth-order valence-electron chi connectivity index (χ4n) is 11.4. The lowest BCUT2D eigenvalue weighted by molar-refractivity contribution is -0.135. The number of benzene rings is 4. The molecule has 5 amide bonds. The van der Waals surface area contributed by atoms with E-state index in [1.54, 1.807) is 69.9 Å². The summed E-state index contributed by atoms with van der Waals surface area (Å²) in [7, 11) is 4.81. The Balaban J connectivity index is 0.712. The molecular formula is C62H71ClFN11O9. The molecule has 0 unspecified atom stereocenters. The van der Waals surface area contributed by atoms with Crippen molar-refractivity contribution in [2.24, 2.45) is 4.99 Å². The van der Waals surface area contributed by atoms with Crippen LogP contribution in [0.25, 0.3) is 11.1 Å². The maximum Gasteiger partial charge on any atom is 0.326 e. The number of amidine groups is 1. The number of piperazine rings is 1. The Hall–Kier alpha value is -8.27. The van der Waals surface area contributed by atoms with Crippen LogP contribution in [0.4, 0.5) is 20.7 Å². The smallest absolute Gasteiger partial charge is 0.326 e. The van der Waals surface area contributed by atoms with Gasteiger partial charge in [0.1, 0.15) is 41.6 Å². The summed E-state index contributed by atoms with van der Waals surface area (Å²) in [5, 5.41) is 8.38. The summed E-state index contributed by atoms with van der Waals surface area (Å²) >= 11 is 6.40. The quantitative estimate of drug-likeness (QED) is 0.0731. The van der Waals surface area contributed by atoms with Gasteiger partial charge in [0.25, 0.3) is 5.91 Å². The van der Waals surface area contributed by atoms with Crippen molar-refractivity contribution in [3.8, 4) is 28.5 Å². The van der Waals surface area contributed by atoms with Crippen molar-refractivity contribution in [1.82, 2.24) is 39.7 Å². The number of nitrogens with zero attached hydrogens (tertiary/aromatic N) is 9. The van der Waals surface area contributed by atoms with E-state index in [9.17, 15) is 18.8 Å². The molecule has 4 aromatic carbocycles. The second kappa shape index (κ2) is 26.1. The molecular weight excluding hydrogens is 1100 g/mol. The number of nitrogens with one attached hydrogen (secondary N) is 1. The first-order valence-electron chi connectivity index (χ1n) is 28.3. The Morgan fingerprint density at radius 2 is 1.61 bits per heavy atom. The Morgan fingerprint density at radius 1 is 0.857 bits per heavy atom. The largest absolute Gasteiger partial charge is 0.497 e. The zero-order valence-corrected chi connectivity index (χ0v) is 48.9. The van der Waals surface area contributed by atoms with Crippen LogP contribution in [0.2, 0.25) is 5.02 Å². The zero-order valence-electron chi connectivity index (χ0n) is 48.2. The van der Waals surface area contributed by atoms with Crippen LogP contribution in [0, 0.1) is 12.7 Å². The van der Waals surface area contributed by atoms with Crippen molar-refractivity contribution in [3.63, 3.8) is 0 Å². The molecule has 4 aliphatic rings. The molecule has 2 aromatic heterocycles. The van der Waals surface area contributed by atoms with E-state index in [4.69, 9.17) is 51.1 Å². The number of nitrogens with two attached hydrogens (primary N) is 1. The van der Waals surface area contributed by atoms with Gasteiger partial charge in [0.15, 0.2) is 0 Å². The molecule has 2 bridgehead atoms. The lowest BCUT2D eigenvalue weighted by Gasteiger charge is -2.38. The summed E-state index contributed by atoms with van der Waals surface area (Å²) in [6.07, 6.45) is 3.09. The summed E-state index contributed by atoms with van der Waals surface area (Å²) in [5.41, 5.74) is 13.5. The topological polar surface area (TPSA) is 212 Å². The third-order valence-electron chi connectivity index (χ3n) is 15.5. The van der Waals surface area contributed by atoms with Crippen LogP contribution in [0.15, 0.2) is 102 Å². The van der Waals surface area contributed by atoms with Gasteiger partial charge in [0.05, 0.1) is 94.4 Å². The number of carbonyl (C=O) groups excluding carboxylic acids is 4. The predicted molar refractivity (Wildman–Crippen MR) is 316 cm³/mol. The summed E-state index contributed by atoms with van der Waals surface area (Å²) < 4.78 is 45.9. The molecule has 6 aromatic rings. The van der Waals surface area contributed by atoms with Crippen LogP contribution in [0.1, 0.15) is 95.1 Å². The molecule has 0 saturated carbocycles. The van der Waals surface area contributed by atoms with Crippen molar-refractivity contribution >= 4 is 52.7 Å². The number of aryl methyl sites for hydroxylation is 1. The average molecular weight is 1170 g/mol. The van der Waals surface area contributed by atoms with Crippen molar-refractivity contribution in [2.45, 2.75) is 77.4 Å². The minimum atomic E-state index is -0.592. The summed E-state index contributed by atoms with van der Waals surface area (Å²) in [6, 6.07) is 25.5. The van der Waals surface area contributed by atoms with Crippen LogP contribution in [-0.4, -0.2) is 157 Å². The van der Waals surface area contributed by atoms with Gasteiger partial charge in [-0.1, -0.05) is 53.6 Å². The van der Waals surface area contributed by atoms with Gasteiger partial charge in [-0.2, -0.15) is 5.10 Å². The normalized spacial score (nSPS) is 17.8. The monoisotopic (exact) mass is 1170 g/mol. The highest BCUT2D eigenvalue weighted by atomic mass is 35.5. The van der Waals surface area contributed by atoms with Crippen molar-refractivity contribution in [3.05, 3.63) is 147 Å². The maximum atomic E-state index is 15.1. The van der Waals surface area contributed by atoms with E-state index < -0.39 is 17.9 Å². The fourth-order valence-corrected chi connectivity index (χ4v) is 11.5. The zero-order chi connectivity index (χ0) is 59.2. The molecule has 4 aliphatic heterocycles. The highest BCUT2D eigenvalue weighted by molar-refractivity contribution is 6.30. The van der Waals surface area contributed by atoms with Crippen LogP contribution >= 0.6 is 11.6 Å². The Bertz CT molecular complexity index is 3420. The third kappa shape index (κ3) is 12.8. The van der Waals surface area contributed by atoms with Gasteiger partial charge in [-0.05, 0) is 98.8 Å². The van der Waals surface area contributed by atoms with E-state index >= 15 is 4.79 Å². The number of fused-ring (bicyclic) bond motifs is 8. The number of hydrogen-bond acceptors (Lipinski definition) is 14. The van der Waals surface area contributed by atoms with Gasteiger partial charge in [-0.3, -0.25) is 24.3 Å². The molecule has 442 valence electrons. The number of ether oxygens (including phenoxy) is 5. The molecule has 22 heteroatoms. The number of halogens is 2. The van der Waals surface area contributed by atoms with Gasteiger partial charge < -0.3 is 54.3 Å². The third-order valence-corrected chi connectivity index (χ3v) is 15.8. The average Bonchev–Trinajstić information content (AvgIpc) is 2.47. The van der Waals surface area contributed by atoms with Crippen LogP contribution < -0.4 is 30.2 Å². The van der Waals surface area contributed by atoms with Gasteiger partial charge >= 0.3 is 6.03 Å². The molecule has 84 heavy (non-hydrogen) atoms. The highest BCUT2D eigenvalue weighted by Crippen LogP contribution is 2.47. The highest BCUT2D eigenvalue weighted by Gasteiger charge is 2.46. The van der Waals surface area contributed by atoms with Crippen LogP contribution in [0.5, 0.6) is 17.4 Å². The van der Waals surface area contributed by atoms with Crippen molar-refractivity contribution < 1.29 is 47.3 Å². The van der Waals surface area contributed by atoms with E-state index in [0.717, 1.165) is 23.1 Å². The van der Waals surface area contributed by atoms with E-state index in [1.807, 2.05) is 75.4 Å². The van der Waals surface area contributed by atoms with Gasteiger partial charge in [0, 0.05) is 74.6 Å². The number of rotatable bonds is 19. The molecule has 20 nitrogen and oxygen atoms in total. The molecule has 6 heterocycles. The summed E-state index contributed by atoms with van der Waals surface area (Å²) in [5.74, 6) is 1.10. The van der Waals surface area contributed by atoms with Crippen molar-refractivity contribution in [2.75, 3.05) is 97.6 Å². The number of methoxy groups -OCH3 is 2. The lowest BCUT2D eigenvalue weighted by atomic mass is 9.93. The number of pyridine rings is 1. The molecule has 0 radical (unpaired) electrons. The minimum absolute atomic E-state index is 0.102. The molecule has 0 aliphatic carbocycles. The Labute approximate surface area is 493 Å². The lowest BCUT2D eigenvalue weighted by Crippen LogP contribution is -2.56. The molecule has 2 saturated heterocycles. The number of aliphatic imine (C=N–C) groups is 1. The number of nitrogen functional groups attached to an aromatic ring is 1. The van der Waals surface area contributed by atoms with E-state index in [0.29, 0.717) is 99.3 Å². The predicted octanol–water partition coefficient (Wildman–Crippen LogP) is 8.41. The number of aromatic nitrogens is 3. The SMILES string of the molecule is COc1ccc(C2=N[C@@H](c3ccc(C)cc3)[C@@H](c3ccc(Cl)cc3)N2C(=O)N2CCN(CCOCCOCCC(=O)NCCn3nc4c(c3OC)-c3cnc(N)c(c3)N3CCC[C@@H]3c3cc(F)ccc3C(=O)N(C)C4)C(=O)C2)c(OC(C)C)c1. The van der Waals surface area contributed by atoms with Crippen LogP contribution in [-0.2, 0) is 32.2 Å². The molecule has 0 spiro atoms. The standard InChI is InChI=1S/C62H71ClFN11O9/c1-38(2)84-52-34-45(80-5)18-20-47(52)59-68-56(40-11-9-39(3)10-12-40)57(41-13-15-43(63)16-14-41)75(59)62(79)72-26-25-71(54(77)37-72)27-29-83-31-30-82-28-21-53(76)66-22-24-74-61(81-6)55-42-32-51(58(65)67-35-42)73-23-7-8-50(73)48-33-44(64)17-19-46(48)60(78)70(4)36-49(55)69-74/h9-20,32-35,38,50,56-57H,7-8,21-31,36-37H2,1-6H3,(H2,65,67)(H,66,76)/t50-,56+,57-/m1/s1. The maximum absolute atomic E-state index is 15.1. The van der Waals surface area contributed by atoms with E-state index in [1.165, 1.54) is 18.2 Å². The fraction of sp³-hybridized carbons (Fsp3) is 0.403. The van der Waals surface area contributed by atoms with Gasteiger partial charge in [0.2, 0.25) is 17.7 Å². The first-order chi connectivity index (χ1) is 40.6. The first-order valence-corrected chi connectivity index (χ1v) is 28.7. The summed E-state index contributed by atoms with van der Waals surface area (Å²) in [6.45, 7) is 8.72. The minimum Gasteiger partial charge on any atom is -0.497 e. The molecule has 10 rings (SSSR count). The number of hydrogen-bond donors (Lipinski definition) is 2. The van der Waals surface area contributed by atoms with Crippen molar-refractivity contribution in [1.29, 1.82) is 0 Å². The van der Waals surface area contributed by atoms with Gasteiger partial charge in [-0.15, -0.1) is 0 Å². The molecule has 3 N–H and O–H groups in total.